The van der Waals surface area contributed by atoms with Crippen molar-refractivity contribution in [3.05, 3.63) is 76.8 Å². The molecule has 1 unspecified atom stereocenters. The molecule has 29 heavy (non-hydrogen) atoms. The Morgan fingerprint density at radius 1 is 1.10 bits per heavy atom. The number of nitrogens with one attached hydrogen (secondary N) is 1. The second-order valence-electron chi connectivity index (χ2n) is 7.43. The average Bonchev–Trinajstić information content (AvgIpc) is 3.14. The predicted octanol–water partition coefficient (Wildman–Crippen LogP) is 4.32. The minimum atomic E-state index is -0.0129. The topological polar surface area (TPSA) is 48.5 Å². The number of carbonyl (C=O) groups excluding carboxylic acids is 1. The molecule has 1 aromatic heterocycles. The molecule has 1 atom stereocenters. The number of aromatic nitrogens is 1. The fourth-order valence-electron chi connectivity index (χ4n) is 3.68. The molecule has 6 heteroatoms. The van der Waals surface area contributed by atoms with Crippen LogP contribution >= 0.6 is 11.3 Å². The van der Waals surface area contributed by atoms with Crippen LogP contribution in [0.3, 0.4) is 0 Å². The van der Waals surface area contributed by atoms with Crippen LogP contribution < -0.4 is 5.32 Å². The lowest BCUT2D eigenvalue weighted by Gasteiger charge is -2.40. The van der Waals surface area contributed by atoms with Crippen LogP contribution in [0.25, 0.3) is 10.6 Å². The number of aryl methyl sites for hydroxylation is 1. The first-order chi connectivity index (χ1) is 14.1. The van der Waals surface area contributed by atoms with Crippen LogP contribution in [-0.2, 0) is 6.54 Å². The van der Waals surface area contributed by atoms with Gasteiger partial charge in [0.25, 0.3) is 0 Å². The van der Waals surface area contributed by atoms with E-state index in [1.54, 1.807) is 11.3 Å². The van der Waals surface area contributed by atoms with Crippen molar-refractivity contribution in [3.8, 4) is 10.6 Å². The third-order valence-electron chi connectivity index (χ3n) is 5.34. The normalized spacial score (nSPS) is 17.3. The highest BCUT2D eigenvalue weighted by Crippen LogP contribution is 2.28. The van der Waals surface area contributed by atoms with Gasteiger partial charge in [-0.25, -0.2) is 9.78 Å². The quantitative estimate of drug-likeness (QED) is 0.702. The molecule has 2 aromatic carbocycles. The van der Waals surface area contributed by atoms with Gasteiger partial charge in [-0.1, -0.05) is 60.7 Å². The summed E-state index contributed by atoms with van der Waals surface area (Å²) in [5.41, 5.74) is 3.27. The van der Waals surface area contributed by atoms with Crippen molar-refractivity contribution in [3.63, 3.8) is 0 Å². The summed E-state index contributed by atoms with van der Waals surface area (Å²) in [6.45, 7) is 4.96. The summed E-state index contributed by atoms with van der Waals surface area (Å²) in [4.78, 5) is 23.1. The zero-order valence-corrected chi connectivity index (χ0v) is 17.7. The monoisotopic (exact) mass is 406 g/mol. The molecule has 1 fully saturated rings. The molecule has 3 aromatic rings. The van der Waals surface area contributed by atoms with Crippen LogP contribution in [0.4, 0.5) is 4.79 Å². The van der Waals surface area contributed by atoms with Gasteiger partial charge in [0.05, 0.1) is 18.3 Å². The third-order valence-corrected chi connectivity index (χ3v) is 6.55. The van der Waals surface area contributed by atoms with E-state index >= 15 is 0 Å². The lowest BCUT2D eigenvalue weighted by atomic mass is 10.0. The summed E-state index contributed by atoms with van der Waals surface area (Å²) in [5.74, 6) is 0. The smallest absolute Gasteiger partial charge is 0.318 e. The largest absolute Gasteiger partial charge is 0.333 e. The van der Waals surface area contributed by atoms with Gasteiger partial charge in [0.2, 0.25) is 0 Å². The number of carbonyl (C=O) groups is 1. The molecule has 5 nitrogen and oxygen atoms in total. The van der Waals surface area contributed by atoms with Crippen LogP contribution in [0.5, 0.6) is 0 Å². The Morgan fingerprint density at radius 3 is 2.52 bits per heavy atom. The zero-order valence-electron chi connectivity index (χ0n) is 16.8. The summed E-state index contributed by atoms with van der Waals surface area (Å²) in [6.07, 6.45) is 0. The summed E-state index contributed by atoms with van der Waals surface area (Å²) >= 11 is 1.65. The standard InChI is InChI=1S/C23H26N4OS/c1-17-21(29-22(25-17)19-11-7-4-8-12-19)15-24-23(28)27-14-13-26(2)16-20(27)18-9-5-3-6-10-18/h3-12,20H,13-16H2,1-2H3,(H,24,28). The minimum Gasteiger partial charge on any atom is -0.333 e. The molecule has 1 saturated heterocycles. The van der Waals surface area contributed by atoms with E-state index in [2.05, 4.69) is 41.5 Å². The molecular weight excluding hydrogens is 380 g/mol. The number of amides is 2. The van der Waals surface area contributed by atoms with E-state index in [9.17, 15) is 4.79 Å². The van der Waals surface area contributed by atoms with Crippen molar-refractivity contribution < 1.29 is 4.79 Å². The number of piperazine rings is 1. The maximum atomic E-state index is 13.0. The molecule has 1 N–H and O–H groups in total. The van der Waals surface area contributed by atoms with Crippen LogP contribution in [-0.4, -0.2) is 47.5 Å². The Kier molecular flexibility index (Phi) is 5.92. The first kappa shape index (κ1) is 19.6. The van der Waals surface area contributed by atoms with Gasteiger partial charge in [0, 0.05) is 30.1 Å². The SMILES string of the molecule is Cc1nc(-c2ccccc2)sc1CNC(=O)N1CCN(C)CC1c1ccccc1. The van der Waals surface area contributed by atoms with Gasteiger partial charge in [-0.3, -0.25) is 0 Å². The molecular formula is C23H26N4OS. The van der Waals surface area contributed by atoms with Gasteiger partial charge in [-0.15, -0.1) is 11.3 Å². The lowest BCUT2D eigenvalue weighted by Crippen LogP contribution is -2.52. The minimum absolute atomic E-state index is 0.0129. The number of likely N-dealkylation sites (N-methyl/N-ethyl adjacent to an activating group) is 1. The number of benzene rings is 2. The van der Waals surface area contributed by atoms with E-state index in [4.69, 9.17) is 4.98 Å². The molecule has 0 spiro atoms. The van der Waals surface area contributed by atoms with E-state index in [1.807, 2.05) is 48.2 Å². The average molecular weight is 407 g/mol. The van der Waals surface area contributed by atoms with Gasteiger partial charge >= 0.3 is 6.03 Å². The second kappa shape index (κ2) is 8.76. The molecule has 0 bridgehead atoms. The lowest BCUT2D eigenvalue weighted by molar-refractivity contribution is 0.108. The number of hydrogen-bond acceptors (Lipinski definition) is 4. The van der Waals surface area contributed by atoms with E-state index < -0.39 is 0 Å². The van der Waals surface area contributed by atoms with Crippen molar-refractivity contribution in [2.45, 2.75) is 19.5 Å². The van der Waals surface area contributed by atoms with Gasteiger partial charge in [-0.05, 0) is 19.5 Å². The maximum Gasteiger partial charge on any atom is 0.318 e. The summed E-state index contributed by atoms with van der Waals surface area (Å²) in [5, 5.41) is 4.12. The van der Waals surface area contributed by atoms with E-state index in [0.29, 0.717) is 6.54 Å². The number of nitrogens with zero attached hydrogens (tertiary/aromatic N) is 3. The van der Waals surface area contributed by atoms with Crippen LogP contribution in [0.1, 0.15) is 22.2 Å². The number of urea groups is 1. The summed E-state index contributed by atoms with van der Waals surface area (Å²) < 4.78 is 0. The highest BCUT2D eigenvalue weighted by Gasteiger charge is 2.30. The maximum absolute atomic E-state index is 13.0. The second-order valence-corrected chi connectivity index (χ2v) is 8.52. The highest BCUT2D eigenvalue weighted by atomic mass is 32.1. The van der Waals surface area contributed by atoms with E-state index in [1.165, 1.54) is 5.56 Å². The molecule has 150 valence electrons. The zero-order chi connectivity index (χ0) is 20.2. The Hall–Kier alpha value is -2.70. The van der Waals surface area contributed by atoms with Gasteiger partial charge < -0.3 is 15.1 Å². The van der Waals surface area contributed by atoms with Crippen molar-refractivity contribution in [2.24, 2.45) is 0 Å². The van der Waals surface area contributed by atoms with Gasteiger partial charge in [-0.2, -0.15) is 0 Å². The van der Waals surface area contributed by atoms with Gasteiger partial charge in [0.1, 0.15) is 5.01 Å². The first-order valence-corrected chi connectivity index (χ1v) is 10.7. The number of rotatable bonds is 4. The fraction of sp³-hybridized carbons (Fsp3) is 0.304. The van der Waals surface area contributed by atoms with Crippen molar-refractivity contribution in [1.82, 2.24) is 20.1 Å². The Balaban J connectivity index is 1.46. The molecule has 1 aliphatic rings. The predicted molar refractivity (Wildman–Crippen MR) is 118 cm³/mol. The van der Waals surface area contributed by atoms with Crippen molar-refractivity contribution in [2.75, 3.05) is 26.7 Å². The molecule has 0 aliphatic carbocycles. The third kappa shape index (κ3) is 4.49. The number of hydrogen-bond donors (Lipinski definition) is 1. The molecule has 4 rings (SSSR count). The molecule has 2 amide bonds. The van der Waals surface area contributed by atoms with Crippen molar-refractivity contribution in [1.29, 1.82) is 0 Å². The van der Waals surface area contributed by atoms with Crippen molar-refractivity contribution >= 4 is 17.4 Å². The first-order valence-electron chi connectivity index (χ1n) is 9.91. The van der Waals surface area contributed by atoms with E-state index in [-0.39, 0.29) is 12.1 Å². The van der Waals surface area contributed by atoms with Gasteiger partial charge in [0.15, 0.2) is 0 Å². The molecule has 1 aliphatic heterocycles. The van der Waals surface area contributed by atoms with Crippen LogP contribution in [0, 0.1) is 6.92 Å². The summed E-state index contributed by atoms with van der Waals surface area (Å²) in [7, 11) is 2.11. The van der Waals surface area contributed by atoms with Crippen LogP contribution in [0.2, 0.25) is 0 Å². The fourth-order valence-corrected chi connectivity index (χ4v) is 4.68. The van der Waals surface area contributed by atoms with E-state index in [0.717, 1.165) is 40.8 Å². The Labute approximate surface area is 176 Å². The number of thiazole rings is 1. The molecule has 0 radical (unpaired) electrons. The molecule has 0 saturated carbocycles. The summed E-state index contributed by atoms with van der Waals surface area (Å²) in [6, 6.07) is 20.5. The molecule has 2 heterocycles. The Morgan fingerprint density at radius 2 is 1.79 bits per heavy atom. The van der Waals surface area contributed by atoms with Crippen LogP contribution in [0.15, 0.2) is 60.7 Å². The highest BCUT2D eigenvalue weighted by molar-refractivity contribution is 7.15. The Bertz CT molecular complexity index is 958.